The number of ketones is 1. The highest BCUT2D eigenvalue weighted by atomic mass is 79.9. The summed E-state index contributed by atoms with van der Waals surface area (Å²) in [5.74, 6) is 0.182. The fourth-order valence-electron chi connectivity index (χ4n) is 3.28. The highest BCUT2D eigenvalue weighted by molar-refractivity contribution is 9.10. The average Bonchev–Trinajstić information content (AvgIpc) is 3.18. The molecule has 0 bridgehead atoms. The first-order chi connectivity index (χ1) is 15.6. The molecule has 5 nitrogen and oxygen atoms in total. The number of hydrogen-bond donors (Lipinski definition) is 1. The molecule has 32 heavy (non-hydrogen) atoms. The Morgan fingerprint density at radius 1 is 0.938 bits per heavy atom. The zero-order valence-corrected chi connectivity index (χ0v) is 19.1. The molecule has 4 rings (SSSR count). The van der Waals surface area contributed by atoms with Crippen molar-refractivity contribution < 1.29 is 18.7 Å². The number of furan rings is 1. The second-order valence-electron chi connectivity index (χ2n) is 7.32. The molecule has 0 aliphatic heterocycles. The van der Waals surface area contributed by atoms with Gasteiger partial charge >= 0.3 is 0 Å². The van der Waals surface area contributed by atoms with Crippen molar-refractivity contribution in [3.8, 4) is 5.75 Å². The third kappa shape index (κ3) is 4.75. The van der Waals surface area contributed by atoms with Gasteiger partial charge in [-0.1, -0.05) is 41.4 Å². The maximum absolute atomic E-state index is 13.2. The van der Waals surface area contributed by atoms with Gasteiger partial charge in [-0.2, -0.15) is 0 Å². The van der Waals surface area contributed by atoms with Gasteiger partial charge in [-0.3, -0.25) is 9.59 Å². The molecule has 0 atom stereocenters. The number of rotatable bonds is 8. The highest BCUT2D eigenvalue weighted by Crippen LogP contribution is 2.33. The van der Waals surface area contributed by atoms with E-state index in [4.69, 9.17) is 9.15 Å². The van der Waals surface area contributed by atoms with Gasteiger partial charge in [-0.15, -0.1) is 0 Å². The van der Waals surface area contributed by atoms with E-state index >= 15 is 0 Å². The lowest BCUT2D eigenvalue weighted by atomic mass is 10.1. The number of anilines is 1. The summed E-state index contributed by atoms with van der Waals surface area (Å²) in [5, 5.41) is 3.55. The fourth-order valence-corrected chi connectivity index (χ4v) is 3.55. The average molecular weight is 492 g/mol. The standard InChI is InChI=1S/C26H22BrNO4/c1-2-3-16-31-20-14-10-18(11-15-20)26(30)28-23-21-6-4-5-7-22(21)32-25(23)24(29)17-8-12-19(27)13-9-17/h4-15H,2-3,16H2,1H3,(H,28,30). The first-order valence-electron chi connectivity index (χ1n) is 10.4. The van der Waals surface area contributed by atoms with E-state index in [1.165, 1.54) is 0 Å². The maximum Gasteiger partial charge on any atom is 0.255 e. The maximum atomic E-state index is 13.2. The minimum Gasteiger partial charge on any atom is -0.494 e. The molecule has 0 fully saturated rings. The molecule has 0 aliphatic carbocycles. The molecular formula is C26H22BrNO4. The van der Waals surface area contributed by atoms with Crippen LogP contribution in [0, 0.1) is 0 Å². The number of carbonyl (C=O) groups excluding carboxylic acids is 2. The summed E-state index contributed by atoms with van der Waals surface area (Å²) in [6.07, 6.45) is 2.03. The number of nitrogens with one attached hydrogen (secondary N) is 1. The minimum atomic E-state index is -0.332. The van der Waals surface area contributed by atoms with Gasteiger partial charge in [0.05, 0.1) is 12.3 Å². The van der Waals surface area contributed by atoms with Gasteiger partial charge in [-0.25, -0.2) is 0 Å². The Bertz CT molecular complexity index is 1240. The lowest BCUT2D eigenvalue weighted by molar-refractivity contribution is 0.101. The largest absolute Gasteiger partial charge is 0.494 e. The Morgan fingerprint density at radius 2 is 1.62 bits per heavy atom. The van der Waals surface area contributed by atoms with Crippen LogP contribution in [0.2, 0.25) is 0 Å². The summed E-state index contributed by atoms with van der Waals surface area (Å²) in [6, 6.07) is 21.2. The molecule has 0 radical (unpaired) electrons. The van der Waals surface area contributed by atoms with E-state index in [1.54, 1.807) is 54.6 Å². The van der Waals surface area contributed by atoms with Gasteiger partial charge in [0.25, 0.3) is 5.91 Å². The van der Waals surface area contributed by atoms with Gasteiger partial charge < -0.3 is 14.5 Å². The first-order valence-corrected chi connectivity index (χ1v) is 11.2. The highest BCUT2D eigenvalue weighted by Gasteiger charge is 2.23. The SMILES string of the molecule is CCCCOc1ccc(C(=O)Nc2c(C(=O)c3ccc(Br)cc3)oc3ccccc23)cc1. The van der Waals surface area contributed by atoms with Crippen molar-refractivity contribution in [3.63, 3.8) is 0 Å². The molecular weight excluding hydrogens is 470 g/mol. The van der Waals surface area contributed by atoms with E-state index in [1.807, 2.05) is 18.2 Å². The van der Waals surface area contributed by atoms with Crippen molar-refractivity contribution in [1.82, 2.24) is 0 Å². The van der Waals surface area contributed by atoms with E-state index in [0.717, 1.165) is 23.1 Å². The summed E-state index contributed by atoms with van der Waals surface area (Å²) in [4.78, 5) is 26.1. The molecule has 1 heterocycles. The van der Waals surface area contributed by atoms with Crippen LogP contribution in [0.5, 0.6) is 5.75 Å². The Kier molecular flexibility index (Phi) is 6.71. The van der Waals surface area contributed by atoms with Gasteiger partial charge in [0.15, 0.2) is 5.76 Å². The van der Waals surface area contributed by atoms with E-state index in [2.05, 4.69) is 28.2 Å². The molecule has 0 unspecified atom stereocenters. The van der Waals surface area contributed by atoms with Gasteiger partial charge in [0.2, 0.25) is 5.78 Å². The predicted octanol–water partition coefficient (Wildman–Crippen LogP) is 6.86. The van der Waals surface area contributed by atoms with E-state index in [0.29, 0.717) is 34.4 Å². The van der Waals surface area contributed by atoms with Crippen molar-refractivity contribution in [1.29, 1.82) is 0 Å². The third-order valence-corrected chi connectivity index (χ3v) is 5.56. The summed E-state index contributed by atoms with van der Waals surface area (Å²) < 4.78 is 12.4. The number of amides is 1. The number of para-hydroxylation sites is 1. The van der Waals surface area contributed by atoms with Crippen LogP contribution in [0.4, 0.5) is 5.69 Å². The Morgan fingerprint density at radius 3 is 2.34 bits per heavy atom. The van der Waals surface area contributed by atoms with Gasteiger partial charge in [0.1, 0.15) is 11.3 Å². The van der Waals surface area contributed by atoms with Crippen molar-refractivity contribution in [2.45, 2.75) is 19.8 Å². The van der Waals surface area contributed by atoms with Crippen LogP contribution in [-0.4, -0.2) is 18.3 Å². The second-order valence-corrected chi connectivity index (χ2v) is 8.23. The smallest absolute Gasteiger partial charge is 0.255 e. The fraction of sp³-hybridized carbons (Fsp3) is 0.154. The molecule has 0 saturated carbocycles. The molecule has 0 spiro atoms. The predicted molar refractivity (Wildman–Crippen MR) is 129 cm³/mol. The van der Waals surface area contributed by atoms with Crippen LogP contribution in [0.3, 0.4) is 0 Å². The second kappa shape index (κ2) is 9.83. The lowest BCUT2D eigenvalue weighted by Gasteiger charge is -2.08. The third-order valence-electron chi connectivity index (χ3n) is 5.03. The van der Waals surface area contributed by atoms with Gasteiger partial charge in [-0.05, 0) is 67.1 Å². The van der Waals surface area contributed by atoms with Crippen molar-refractivity contribution in [2.75, 3.05) is 11.9 Å². The number of unbranched alkanes of at least 4 members (excludes halogenated alkanes) is 1. The van der Waals surface area contributed by atoms with Gasteiger partial charge in [0, 0.05) is 21.0 Å². The Labute approximate surface area is 194 Å². The monoisotopic (exact) mass is 491 g/mol. The van der Waals surface area contributed by atoms with Crippen molar-refractivity contribution in [3.05, 3.63) is 94.2 Å². The molecule has 3 aromatic carbocycles. The first kappa shape index (κ1) is 21.8. The number of benzene rings is 3. The Balaban J connectivity index is 1.62. The number of fused-ring (bicyclic) bond motifs is 1. The molecule has 162 valence electrons. The van der Waals surface area contributed by atoms with Crippen molar-refractivity contribution in [2.24, 2.45) is 0 Å². The Hall–Kier alpha value is -3.38. The number of halogens is 1. The van der Waals surface area contributed by atoms with Crippen LogP contribution in [0.15, 0.2) is 81.7 Å². The minimum absolute atomic E-state index is 0.0985. The quantitative estimate of drug-likeness (QED) is 0.216. The number of ether oxygens (including phenoxy) is 1. The zero-order chi connectivity index (χ0) is 22.5. The van der Waals surface area contributed by atoms with Crippen LogP contribution < -0.4 is 10.1 Å². The van der Waals surface area contributed by atoms with Crippen LogP contribution in [0.25, 0.3) is 11.0 Å². The summed E-state index contributed by atoms with van der Waals surface area (Å²) in [5.41, 5.74) is 1.82. The lowest BCUT2D eigenvalue weighted by Crippen LogP contribution is -2.14. The normalized spacial score (nSPS) is 10.8. The van der Waals surface area contributed by atoms with Crippen LogP contribution >= 0.6 is 15.9 Å². The van der Waals surface area contributed by atoms with Crippen LogP contribution in [0.1, 0.15) is 46.2 Å². The molecule has 0 aliphatic rings. The van der Waals surface area contributed by atoms with E-state index < -0.39 is 0 Å². The molecule has 1 N–H and O–H groups in total. The topological polar surface area (TPSA) is 68.5 Å². The van der Waals surface area contributed by atoms with E-state index in [9.17, 15) is 9.59 Å². The molecule has 1 amide bonds. The summed E-state index contributed by atoms with van der Waals surface area (Å²) in [6.45, 7) is 2.75. The molecule has 6 heteroatoms. The number of hydrogen-bond acceptors (Lipinski definition) is 4. The van der Waals surface area contributed by atoms with Crippen molar-refractivity contribution >= 4 is 44.3 Å². The zero-order valence-electron chi connectivity index (χ0n) is 17.6. The van der Waals surface area contributed by atoms with Crippen LogP contribution in [-0.2, 0) is 0 Å². The van der Waals surface area contributed by atoms with E-state index in [-0.39, 0.29) is 17.5 Å². The summed E-state index contributed by atoms with van der Waals surface area (Å²) >= 11 is 3.37. The molecule has 0 saturated heterocycles. The molecule has 1 aromatic heterocycles. The molecule has 4 aromatic rings. The number of carbonyl (C=O) groups is 2. The summed E-state index contributed by atoms with van der Waals surface area (Å²) in [7, 11) is 0.